The highest BCUT2D eigenvalue weighted by Gasteiger charge is 2.11. The third-order valence-electron chi connectivity index (χ3n) is 3.04. The summed E-state index contributed by atoms with van der Waals surface area (Å²) in [6.07, 6.45) is 4.14. The molecular formula is C13H20N2OS. The van der Waals surface area contributed by atoms with Crippen LogP contribution < -0.4 is 10.6 Å². The minimum atomic E-state index is -0.704. The molecule has 0 aliphatic carbocycles. The fourth-order valence-electron chi connectivity index (χ4n) is 2.17. The topological polar surface area (TPSA) is 41.1 Å². The first kappa shape index (κ1) is 12.6. The van der Waals surface area contributed by atoms with Crippen molar-refractivity contribution in [2.45, 2.75) is 19.4 Å². The van der Waals surface area contributed by atoms with E-state index in [1.807, 2.05) is 0 Å². The first-order valence-electron chi connectivity index (χ1n) is 6.13. The Balaban J connectivity index is 1.94. The van der Waals surface area contributed by atoms with Crippen molar-refractivity contribution in [1.29, 1.82) is 0 Å². The predicted molar refractivity (Wildman–Crippen MR) is 73.9 cm³/mol. The van der Waals surface area contributed by atoms with Crippen LogP contribution in [0.1, 0.15) is 17.5 Å². The molecule has 0 aromatic heterocycles. The van der Waals surface area contributed by atoms with Gasteiger partial charge in [0.1, 0.15) is 0 Å². The molecule has 0 bridgehead atoms. The van der Waals surface area contributed by atoms with Gasteiger partial charge in [-0.25, -0.2) is 0 Å². The second kappa shape index (κ2) is 6.17. The van der Waals surface area contributed by atoms with Crippen LogP contribution in [0.15, 0.2) is 18.2 Å². The lowest BCUT2D eigenvalue weighted by molar-refractivity contribution is 0.676. The fourth-order valence-corrected chi connectivity index (χ4v) is 2.60. The van der Waals surface area contributed by atoms with E-state index in [-0.39, 0.29) is 0 Å². The van der Waals surface area contributed by atoms with Crippen LogP contribution >= 0.6 is 0 Å². The zero-order chi connectivity index (χ0) is 12.1. The number of para-hydroxylation sites is 1. The highest BCUT2D eigenvalue weighted by Crippen LogP contribution is 2.25. The van der Waals surface area contributed by atoms with E-state index in [0.29, 0.717) is 0 Å². The molecule has 0 saturated carbocycles. The number of hydrogen-bond acceptors (Lipinski definition) is 3. The normalized spacial score (nSPS) is 16.1. The lowest BCUT2D eigenvalue weighted by Crippen LogP contribution is -2.22. The summed E-state index contributed by atoms with van der Waals surface area (Å²) in [5.41, 5.74) is 4.06. The van der Waals surface area contributed by atoms with E-state index >= 15 is 0 Å². The zero-order valence-electron chi connectivity index (χ0n) is 10.3. The number of aryl methyl sites for hydroxylation is 1. The summed E-state index contributed by atoms with van der Waals surface area (Å²) in [5.74, 6) is 0.725. The van der Waals surface area contributed by atoms with Crippen molar-refractivity contribution in [2.75, 3.05) is 30.4 Å². The second-order valence-electron chi connectivity index (χ2n) is 4.44. The van der Waals surface area contributed by atoms with Gasteiger partial charge in [-0.1, -0.05) is 18.2 Å². The van der Waals surface area contributed by atoms with E-state index in [1.165, 1.54) is 29.7 Å². The monoisotopic (exact) mass is 252 g/mol. The van der Waals surface area contributed by atoms with Crippen LogP contribution in [0.2, 0.25) is 0 Å². The first-order valence-corrected chi connectivity index (χ1v) is 7.85. The van der Waals surface area contributed by atoms with Crippen LogP contribution in [0.4, 0.5) is 5.69 Å². The van der Waals surface area contributed by atoms with E-state index in [9.17, 15) is 4.21 Å². The van der Waals surface area contributed by atoms with Crippen molar-refractivity contribution in [2.24, 2.45) is 0 Å². The summed E-state index contributed by atoms with van der Waals surface area (Å²) in [5, 5.41) is 6.83. The maximum absolute atomic E-state index is 10.9. The fraction of sp³-hybridized carbons (Fsp3) is 0.538. The van der Waals surface area contributed by atoms with Gasteiger partial charge in [-0.2, -0.15) is 0 Å². The predicted octanol–water partition coefficient (Wildman–Crippen LogP) is 1.51. The van der Waals surface area contributed by atoms with Crippen molar-refractivity contribution in [1.82, 2.24) is 5.32 Å². The van der Waals surface area contributed by atoms with E-state index in [2.05, 4.69) is 28.8 Å². The van der Waals surface area contributed by atoms with E-state index in [4.69, 9.17) is 0 Å². The summed E-state index contributed by atoms with van der Waals surface area (Å²) in [4.78, 5) is 0. The average molecular weight is 252 g/mol. The number of nitrogens with one attached hydrogen (secondary N) is 2. The first-order chi connectivity index (χ1) is 8.27. The molecule has 94 valence electrons. The second-order valence-corrected chi connectivity index (χ2v) is 5.99. The smallest absolute Gasteiger partial charge is 0.0418 e. The van der Waals surface area contributed by atoms with Crippen molar-refractivity contribution >= 4 is 16.5 Å². The van der Waals surface area contributed by atoms with E-state index in [0.717, 1.165) is 25.4 Å². The standard InChI is InChI=1S/C13H20N2OS/c1-17(16)9-8-14-10-12-5-2-4-11-6-3-7-15-13(11)12/h2,4-5,14-15H,3,6-10H2,1H3. The van der Waals surface area contributed by atoms with Gasteiger partial charge in [-0.15, -0.1) is 0 Å². The Hall–Kier alpha value is -0.870. The molecule has 2 rings (SSSR count). The van der Waals surface area contributed by atoms with Crippen LogP contribution in [0.5, 0.6) is 0 Å². The number of rotatable bonds is 5. The van der Waals surface area contributed by atoms with Crippen LogP contribution in [0.25, 0.3) is 0 Å². The molecule has 0 saturated heterocycles. The summed E-state index contributed by atoms with van der Waals surface area (Å²) in [6, 6.07) is 6.49. The largest absolute Gasteiger partial charge is 0.385 e. The number of hydrogen-bond donors (Lipinski definition) is 2. The van der Waals surface area contributed by atoms with Gasteiger partial charge in [0.2, 0.25) is 0 Å². The van der Waals surface area contributed by atoms with Gasteiger partial charge in [0.05, 0.1) is 0 Å². The highest BCUT2D eigenvalue weighted by atomic mass is 32.2. The van der Waals surface area contributed by atoms with Gasteiger partial charge in [-0.3, -0.25) is 4.21 Å². The molecule has 0 amide bonds. The summed E-state index contributed by atoms with van der Waals surface area (Å²) < 4.78 is 10.9. The Bertz CT molecular complexity index is 406. The molecule has 1 atom stereocenters. The Kier molecular flexibility index (Phi) is 4.57. The Morgan fingerprint density at radius 2 is 2.35 bits per heavy atom. The van der Waals surface area contributed by atoms with Crippen molar-refractivity contribution in [3.8, 4) is 0 Å². The van der Waals surface area contributed by atoms with Gasteiger partial charge in [0, 0.05) is 48.1 Å². The summed E-state index contributed by atoms with van der Waals surface area (Å²) in [6.45, 7) is 2.74. The number of fused-ring (bicyclic) bond motifs is 1. The van der Waals surface area contributed by atoms with Crippen molar-refractivity contribution in [3.05, 3.63) is 29.3 Å². The maximum atomic E-state index is 10.9. The molecule has 0 fully saturated rings. The van der Waals surface area contributed by atoms with Gasteiger partial charge in [-0.05, 0) is 24.0 Å². The van der Waals surface area contributed by atoms with E-state index < -0.39 is 10.8 Å². The molecular weight excluding hydrogens is 232 g/mol. The van der Waals surface area contributed by atoms with Crippen LogP contribution in [0.3, 0.4) is 0 Å². The third-order valence-corrected chi connectivity index (χ3v) is 3.82. The molecule has 4 heteroatoms. The molecule has 1 heterocycles. The van der Waals surface area contributed by atoms with Crippen molar-refractivity contribution < 1.29 is 4.21 Å². The van der Waals surface area contributed by atoms with Crippen LogP contribution in [-0.2, 0) is 23.8 Å². The summed E-state index contributed by atoms with van der Waals surface area (Å²) in [7, 11) is -0.704. The van der Waals surface area contributed by atoms with Crippen LogP contribution in [0, 0.1) is 0 Å². The lowest BCUT2D eigenvalue weighted by Gasteiger charge is -2.21. The molecule has 2 N–H and O–H groups in total. The number of anilines is 1. The average Bonchev–Trinajstić information content (AvgIpc) is 2.34. The molecule has 0 radical (unpaired) electrons. The maximum Gasteiger partial charge on any atom is 0.0418 e. The SMILES string of the molecule is CS(=O)CCNCc1cccc2c1NCCC2. The third kappa shape index (κ3) is 3.54. The molecule has 1 aromatic rings. The molecule has 1 aliphatic rings. The molecule has 17 heavy (non-hydrogen) atoms. The molecule has 1 aliphatic heterocycles. The zero-order valence-corrected chi connectivity index (χ0v) is 11.1. The van der Waals surface area contributed by atoms with E-state index in [1.54, 1.807) is 6.26 Å². The minimum absolute atomic E-state index is 0.704. The van der Waals surface area contributed by atoms with Crippen molar-refractivity contribution in [3.63, 3.8) is 0 Å². The summed E-state index contributed by atoms with van der Waals surface area (Å²) >= 11 is 0. The molecule has 1 aromatic carbocycles. The molecule has 0 spiro atoms. The number of benzene rings is 1. The highest BCUT2D eigenvalue weighted by molar-refractivity contribution is 7.84. The Morgan fingerprint density at radius 1 is 1.47 bits per heavy atom. The van der Waals surface area contributed by atoms with Crippen LogP contribution in [-0.4, -0.2) is 29.3 Å². The quantitative estimate of drug-likeness (QED) is 0.781. The van der Waals surface area contributed by atoms with Gasteiger partial charge in [0.25, 0.3) is 0 Å². The molecule has 1 unspecified atom stereocenters. The molecule has 3 nitrogen and oxygen atoms in total. The van der Waals surface area contributed by atoms with Gasteiger partial charge < -0.3 is 10.6 Å². The van der Waals surface area contributed by atoms with Gasteiger partial charge >= 0.3 is 0 Å². The van der Waals surface area contributed by atoms with Gasteiger partial charge in [0.15, 0.2) is 0 Å². The minimum Gasteiger partial charge on any atom is -0.385 e. The lowest BCUT2D eigenvalue weighted by atomic mass is 9.99. The Morgan fingerprint density at radius 3 is 3.18 bits per heavy atom. The Labute approximate surface area is 105 Å².